The van der Waals surface area contributed by atoms with Gasteiger partial charge in [0.1, 0.15) is 0 Å². The highest BCUT2D eigenvalue weighted by molar-refractivity contribution is 14.1. The number of hydrogen-bond donors (Lipinski definition) is 1. The van der Waals surface area contributed by atoms with Gasteiger partial charge in [0.05, 0.1) is 0 Å². The molecule has 0 aromatic rings. The van der Waals surface area contributed by atoms with E-state index >= 15 is 0 Å². The molecule has 11 heavy (non-hydrogen) atoms. The lowest BCUT2D eigenvalue weighted by Gasteiger charge is -2.17. The van der Waals surface area contributed by atoms with Crippen LogP contribution >= 0.6 is 22.9 Å². The van der Waals surface area contributed by atoms with Crippen LogP contribution in [0.15, 0.2) is 0 Å². The van der Waals surface area contributed by atoms with Gasteiger partial charge in [0.15, 0.2) is 0 Å². The molecule has 0 spiro atoms. The van der Waals surface area contributed by atoms with Crippen LogP contribution in [-0.4, -0.2) is 6.54 Å². The summed E-state index contributed by atoms with van der Waals surface area (Å²) >= 11 is 2.27. The standard InChI is InChI=1S/C9H18IN/c1-2-4-8-5-3-6-9(8)7-11-10/h8-9,11H,2-7H2,1H3. The summed E-state index contributed by atoms with van der Waals surface area (Å²) in [6.07, 6.45) is 7.22. The summed E-state index contributed by atoms with van der Waals surface area (Å²) in [5.41, 5.74) is 0. The van der Waals surface area contributed by atoms with E-state index in [-0.39, 0.29) is 0 Å². The summed E-state index contributed by atoms with van der Waals surface area (Å²) in [4.78, 5) is 0. The first-order valence-corrected chi connectivity index (χ1v) is 5.79. The zero-order valence-corrected chi connectivity index (χ0v) is 9.43. The van der Waals surface area contributed by atoms with Gasteiger partial charge < -0.3 is 0 Å². The molecule has 2 heteroatoms. The van der Waals surface area contributed by atoms with Gasteiger partial charge in [0, 0.05) is 29.4 Å². The highest BCUT2D eigenvalue weighted by Crippen LogP contribution is 2.34. The molecule has 66 valence electrons. The van der Waals surface area contributed by atoms with Crippen molar-refractivity contribution in [1.82, 2.24) is 3.53 Å². The highest BCUT2D eigenvalue weighted by atomic mass is 127. The number of halogens is 1. The molecule has 1 aliphatic rings. The average Bonchev–Trinajstić information content (AvgIpc) is 2.39. The molecule has 1 fully saturated rings. The van der Waals surface area contributed by atoms with Crippen LogP contribution in [0.5, 0.6) is 0 Å². The number of nitrogens with one attached hydrogen (secondary N) is 1. The SMILES string of the molecule is CCCC1CCCC1CNI. The fourth-order valence-electron chi connectivity index (χ4n) is 2.23. The topological polar surface area (TPSA) is 12.0 Å². The first kappa shape index (κ1) is 9.78. The monoisotopic (exact) mass is 267 g/mol. The van der Waals surface area contributed by atoms with Crippen LogP contribution < -0.4 is 3.53 Å². The van der Waals surface area contributed by atoms with E-state index in [1.54, 1.807) is 0 Å². The molecule has 0 heterocycles. The van der Waals surface area contributed by atoms with Gasteiger partial charge in [-0.3, -0.25) is 3.53 Å². The Kier molecular flexibility index (Phi) is 4.76. The summed E-state index contributed by atoms with van der Waals surface area (Å²) in [5, 5.41) is 0. The molecule has 2 unspecified atom stereocenters. The molecule has 1 rings (SSSR count). The summed E-state index contributed by atoms with van der Waals surface area (Å²) in [6, 6.07) is 0. The average molecular weight is 267 g/mol. The smallest absolute Gasteiger partial charge is 0.0169 e. The summed E-state index contributed by atoms with van der Waals surface area (Å²) in [5.74, 6) is 2.01. The zero-order valence-electron chi connectivity index (χ0n) is 7.28. The van der Waals surface area contributed by atoms with Crippen LogP contribution in [0.1, 0.15) is 39.0 Å². The first-order valence-electron chi connectivity index (χ1n) is 4.72. The molecule has 0 bridgehead atoms. The Morgan fingerprint density at radius 1 is 1.36 bits per heavy atom. The fraction of sp³-hybridized carbons (Fsp3) is 1.00. The molecular weight excluding hydrogens is 249 g/mol. The highest BCUT2D eigenvalue weighted by Gasteiger charge is 2.25. The van der Waals surface area contributed by atoms with Crippen molar-refractivity contribution in [1.29, 1.82) is 0 Å². The van der Waals surface area contributed by atoms with Gasteiger partial charge in [0.2, 0.25) is 0 Å². The van der Waals surface area contributed by atoms with E-state index in [1.807, 2.05) is 0 Å². The Bertz CT molecular complexity index is 93.7. The molecule has 2 atom stereocenters. The van der Waals surface area contributed by atoms with E-state index in [2.05, 4.69) is 33.3 Å². The maximum absolute atomic E-state index is 3.27. The van der Waals surface area contributed by atoms with Gasteiger partial charge in [-0.25, -0.2) is 0 Å². The Balaban J connectivity index is 2.25. The lowest BCUT2D eigenvalue weighted by atomic mass is 9.92. The van der Waals surface area contributed by atoms with Crippen molar-refractivity contribution in [2.75, 3.05) is 6.54 Å². The predicted octanol–water partition coefficient (Wildman–Crippen LogP) is 3.14. The van der Waals surface area contributed by atoms with Crippen LogP contribution in [0.2, 0.25) is 0 Å². The van der Waals surface area contributed by atoms with Crippen LogP contribution in [0, 0.1) is 11.8 Å². The van der Waals surface area contributed by atoms with Crippen molar-refractivity contribution in [2.45, 2.75) is 39.0 Å². The van der Waals surface area contributed by atoms with Crippen molar-refractivity contribution >= 4 is 22.9 Å². The Morgan fingerprint density at radius 2 is 2.09 bits per heavy atom. The Morgan fingerprint density at radius 3 is 2.73 bits per heavy atom. The molecule has 0 aromatic carbocycles. The maximum Gasteiger partial charge on any atom is 0.0169 e. The quantitative estimate of drug-likeness (QED) is 0.609. The molecule has 0 radical (unpaired) electrons. The largest absolute Gasteiger partial charge is 0.261 e. The summed E-state index contributed by atoms with van der Waals surface area (Å²) < 4.78 is 3.27. The van der Waals surface area contributed by atoms with E-state index in [1.165, 1.54) is 38.6 Å². The van der Waals surface area contributed by atoms with Crippen molar-refractivity contribution in [3.05, 3.63) is 0 Å². The van der Waals surface area contributed by atoms with Gasteiger partial charge in [-0.2, -0.15) is 0 Å². The molecule has 0 aromatic heterocycles. The van der Waals surface area contributed by atoms with Crippen LogP contribution in [0.3, 0.4) is 0 Å². The number of hydrogen-bond acceptors (Lipinski definition) is 1. The molecule has 1 nitrogen and oxygen atoms in total. The second-order valence-corrected chi connectivity index (χ2v) is 4.34. The van der Waals surface area contributed by atoms with Crippen molar-refractivity contribution in [3.8, 4) is 0 Å². The van der Waals surface area contributed by atoms with Crippen LogP contribution in [0.25, 0.3) is 0 Å². The van der Waals surface area contributed by atoms with Crippen LogP contribution in [0.4, 0.5) is 0 Å². The van der Waals surface area contributed by atoms with Crippen LogP contribution in [-0.2, 0) is 0 Å². The molecule has 0 amide bonds. The molecule has 0 saturated heterocycles. The van der Waals surface area contributed by atoms with Crippen molar-refractivity contribution < 1.29 is 0 Å². The van der Waals surface area contributed by atoms with Gasteiger partial charge in [-0.1, -0.05) is 32.6 Å². The van der Waals surface area contributed by atoms with E-state index in [4.69, 9.17) is 0 Å². The van der Waals surface area contributed by atoms with E-state index in [0.717, 1.165) is 11.8 Å². The van der Waals surface area contributed by atoms with Gasteiger partial charge >= 0.3 is 0 Å². The molecule has 1 N–H and O–H groups in total. The molecular formula is C9H18IN. The minimum Gasteiger partial charge on any atom is -0.261 e. The molecule has 1 aliphatic carbocycles. The third-order valence-corrected chi connectivity index (χ3v) is 3.26. The van der Waals surface area contributed by atoms with Gasteiger partial charge in [-0.05, 0) is 18.3 Å². The van der Waals surface area contributed by atoms with Crippen molar-refractivity contribution in [2.24, 2.45) is 11.8 Å². The van der Waals surface area contributed by atoms with E-state index in [9.17, 15) is 0 Å². The maximum atomic E-state index is 3.27. The molecule has 1 saturated carbocycles. The van der Waals surface area contributed by atoms with Gasteiger partial charge in [0.25, 0.3) is 0 Å². The first-order chi connectivity index (χ1) is 5.38. The predicted molar refractivity (Wildman–Crippen MR) is 57.8 cm³/mol. The Labute approximate surface area is 83.8 Å². The lowest BCUT2D eigenvalue weighted by Crippen LogP contribution is -2.18. The third-order valence-electron chi connectivity index (χ3n) is 2.82. The van der Waals surface area contributed by atoms with E-state index < -0.39 is 0 Å². The normalized spacial score (nSPS) is 31.1. The lowest BCUT2D eigenvalue weighted by molar-refractivity contribution is 0.365. The van der Waals surface area contributed by atoms with Crippen molar-refractivity contribution in [3.63, 3.8) is 0 Å². The second-order valence-electron chi connectivity index (χ2n) is 3.58. The Hall–Kier alpha value is 0.690. The zero-order chi connectivity index (χ0) is 8.10. The summed E-state index contributed by atoms with van der Waals surface area (Å²) in [6.45, 7) is 3.53. The minimum atomic E-state index is 0.979. The second kappa shape index (κ2) is 5.36. The fourth-order valence-corrected chi connectivity index (χ4v) is 2.80. The number of rotatable bonds is 4. The summed E-state index contributed by atoms with van der Waals surface area (Å²) in [7, 11) is 0. The molecule has 0 aliphatic heterocycles. The third kappa shape index (κ3) is 2.90. The minimum absolute atomic E-state index is 0.979. The van der Waals surface area contributed by atoms with Gasteiger partial charge in [-0.15, -0.1) is 0 Å². The van der Waals surface area contributed by atoms with E-state index in [0.29, 0.717) is 0 Å².